The lowest BCUT2D eigenvalue weighted by Gasteiger charge is -2.33. The summed E-state index contributed by atoms with van der Waals surface area (Å²) < 4.78 is 5.53. The second-order valence-corrected chi connectivity index (χ2v) is 7.09. The highest BCUT2D eigenvalue weighted by atomic mass is 35.5. The maximum atomic E-state index is 12.5. The molecule has 146 valence electrons. The van der Waals surface area contributed by atoms with E-state index in [9.17, 15) is 14.4 Å². The predicted molar refractivity (Wildman–Crippen MR) is 105 cm³/mol. The third kappa shape index (κ3) is 4.70. The van der Waals surface area contributed by atoms with Gasteiger partial charge >= 0.3 is 0 Å². The number of amides is 2. The molecule has 0 spiro atoms. The van der Waals surface area contributed by atoms with Gasteiger partial charge in [0, 0.05) is 22.7 Å². The third-order valence-electron chi connectivity index (χ3n) is 4.74. The standard InChI is InChI=1S/C21H21ClN2O4/c22-16-8-4-14(5-9-16)20(26)15-6-10-17(11-7-15)28-13-19(25)24-12-2-1-3-18(24)21(23)27/h4-11,18H,1-3,12-13H2,(H2,23,27)/t18-/m1/s1. The van der Waals surface area contributed by atoms with E-state index in [2.05, 4.69) is 0 Å². The lowest BCUT2D eigenvalue weighted by atomic mass is 10.0. The van der Waals surface area contributed by atoms with E-state index in [0.717, 1.165) is 12.8 Å². The molecule has 7 heteroatoms. The van der Waals surface area contributed by atoms with Crippen molar-refractivity contribution in [3.8, 4) is 5.75 Å². The summed E-state index contributed by atoms with van der Waals surface area (Å²) in [6.07, 6.45) is 2.31. The Morgan fingerprint density at radius 3 is 2.21 bits per heavy atom. The van der Waals surface area contributed by atoms with Crippen molar-refractivity contribution in [1.29, 1.82) is 0 Å². The first kappa shape index (κ1) is 19.9. The minimum Gasteiger partial charge on any atom is -0.484 e. The van der Waals surface area contributed by atoms with Crippen LogP contribution in [0.15, 0.2) is 48.5 Å². The van der Waals surface area contributed by atoms with Crippen LogP contribution in [0.25, 0.3) is 0 Å². The summed E-state index contributed by atoms with van der Waals surface area (Å²) in [6.45, 7) is 0.318. The van der Waals surface area contributed by atoms with Gasteiger partial charge in [0.1, 0.15) is 11.8 Å². The van der Waals surface area contributed by atoms with Crippen LogP contribution in [0.2, 0.25) is 5.02 Å². The van der Waals surface area contributed by atoms with Crippen molar-refractivity contribution >= 4 is 29.2 Å². The van der Waals surface area contributed by atoms with Gasteiger partial charge in [-0.2, -0.15) is 0 Å². The molecule has 0 bridgehead atoms. The number of piperidine rings is 1. The summed E-state index contributed by atoms with van der Waals surface area (Å²) in [6, 6.07) is 12.7. The molecule has 0 unspecified atom stereocenters. The zero-order chi connectivity index (χ0) is 20.1. The smallest absolute Gasteiger partial charge is 0.261 e. The van der Waals surface area contributed by atoms with Gasteiger partial charge in [-0.15, -0.1) is 0 Å². The summed E-state index contributed by atoms with van der Waals surface area (Å²) in [5.74, 6) is -0.423. The Morgan fingerprint density at radius 1 is 1.00 bits per heavy atom. The normalized spacial score (nSPS) is 16.5. The number of carbonyl (C=O) groups is 3. The fourth-order valence-electron chi connectivity index (χ4n) is 3.22. The van der Waals surface area contributed by atoms with Crippen LogP contribution in [-0.2, 0) is 9.59 Å². The molecule has 0 saturated carbocycles. The average Bonchev–Trinajstić information content (AvgIpc) is 2.72. The molecule has 1 aliphatic heterocycles. The number of primary amides is 1. The molecule has 3 rings (SSSR count). The number of ether oxygens (including phenoxy) is 1. The van der Waals surface area contributed by atoms with Crippen LogP contribution in [0.1, 0.15) is 35.2 Å². The van der Waals surface area contributed by atoms with E-state index in [1.54, 1.807) is 48.5 Å². The second kappa shape index (κ2) is 8.89. The molecule has 1 fully saturated rings. The van der Waals surface area contributed by atoms with Gasteiger partial charge in [0.25, 0.3) is 5.91 Å². The number of hydrogen-bond acceptors (Lipinski definition) is 4. The Bertz CT molecular complexity index is 865. The number of ketones is 1. The Balaban J connectivity index is 1.59. The molecule has 2 aromatic carbocycles. The number of nitrogens with zero attached hydrogens (tertiary/aromatic N) is 1. The number of benzene rings is 2. The fraction of sp³-hybridized carbons (Fsp3) is 0.286. The van der Waals surface area contributed by atoms with E-state index in [1.165, 1.54) is 4.90 Å². The van der Waals surface area contributed by atoms with Crippen LogP contribution in [0.3, 0.4) is 0 Å². The largest absolute Gasteiger partial charge is 0.484 e. The van der Waals surface area contributed by atoms with Gasteiger partial charge in [0.15, 0.2) is 12.4 Å². The lowest BCUT2D eigenvalue weighted by Crippen LogP contribution is -2.51. The van der Waals surface area contributed by atoms with Crippen LogP contribution < -0.4 is 10.5 Å². The highest BCUT2D eigenvalue weighted by Crippen LogP contribution is 2.19. The summed E-state index contributed by atoms with van der Waals surface area (Å²) in [4.78, 5) is 37.9. The maximum absolute atomic E-state index is 12.5. The molecule has 2 amide bonds. The molecule has 1 aliphatic rings. The quantitative estimate of drug-likeness (QED) is 0.755. The van der Waals surface area contributed by atoms with Crippen LogP contribution in [0, 0.1) is 0 Å². The van der Waals surface area contributed by atoms with E-state index in [1.807, 2.05) is 0 Å². The SMILES string of the molecule is NC(=O)[C@H]1CCCCN1C(=O)COc1ccc(C(=O)c2ccc(Cl)cc2)cc1. The highest BCUT2D eigenvalue weighted by Gasteiger charge is 2.30. The highest BCUT2D eigenvalue weighted by molar-refractivity contribution is 6.30. The van der Waals surface area contributed by atoms with E-state index >= 15 is 0 Å². The number of nitrogens with two attached hydrogens (primary N) is 1. The zero-order valence-electron chi connectivity index (χ0n) is 15.3. The van der Waals surface area contributed by atoms with Gasteiger partial charge in [-0.05, 0) is 67.8 Å². The van der Waals surface area contributed by atoms with Crippen molar-refractivity contribution in [3.63, 3.8) is 0 Å². The molecule has 6 nitrogen and oxygen atoms in total. The number of carbonyl (C=O) groups excluding carboxylic acids is 3. The first-order chi connectivity index (χ1) is 13.5. The zero-order valence-corrected chi connectivity index (χ0v) is 16.0. The molecular weight excluding hydrogens is 380 g/mol. The molecule has 1 saturated heterocycles. The van der Waals surface area contributed by atoms with Gasteiger partial charge in [-0.25, -0.2) is 0 Å². The van der Waals surface area contributed by atoms with Crippen molar-refractivity contribution in [2.75, 3.05) is 13.2 Å². The molecule has 0 aromatic heterocycles. The number of halogens is 1. The van der Waals surface area contributed by atoms with Gasteiger partial charge in [-0.3, -0.25) is 14.4 Å². The molecule has 2 aromatic rings. The van der Waals surface area contributed by atoms with Crippen molar-refractivity contribution in [3.05, 3.63) is 64.7 Å². The molecule has 1 heterocycles. The van der Waals surface area contributed by atoms with Gasteiger partial charge in [-0.1, -0.05) is 11.6 Å². The van der Waals surface area contributed by atoms with Gasteiger partial charge in [0.2, 0.25) is 5.91 Å². The van der Waals surface area contributed by atoms with E-state index in [-0.39, 0.29) is 18.3 Å². The van der Waals surface area contributed by atoms with Crippen LogP contribution in [-0.4, -0.2) is 41.7 Å². The van der Waals surface area contributed by atoms with Crippen LogP contribution in [0.4, 0.5) is 0 Å². The summed E-state index contributed by atoms with van der Waals surface area (Å²) in [5.41, 5.74) is 6.43. The second-order valence-electron chi connectivity index (χ2n) is 6.65. The van der Waals surface area contributed by atoms with Crippen molar-refractivity contribution in [2.24, 2.45) is 5.73 Å². The minimum atomic E-state index is -0.566. The Labute approximate surface area is 168 Å². The number of hydrogen-bond donors (Lipinski definition) is 1. The Hall–Kier alpha value is -2.86. The average molecular weight is 401 g/mol. The van der Waals surface area contributed by atoms with Gasteiger partial charge in [0.05, 0.1) is 0 Å². The van der Waals surface area contributed by atoms with E-state index in [4.69, 9.17) is 22.1 Å². The Morgan fingerprint density at radius 2 is 1.61 bits per heavy atom. The topological polar surface area (TPSA) is 89.7 Å². The maximum Gasteiger partial charge on any atom is 0.261 e. The molecule has 0 radical (unpaired) electrons. The summed E-state index contributed by atoms with van der Waals surface area (Å²) >= 11 is 5.84. The number of rotatable bonds is 6. The predicted octanol–water partition coefficient (Wildman–Crippen LogP) is 2.82. The van der Waals surface area contributed by atoms with Gasteiger partial charge < -0.3 is 15.4 Å². The van der Waals surface area contributed by atoms with Crippen LogP contribution >= 0.6 is 11.6 Å². The summed E-state index contributed by atoms with van der Waals surface area (Å²) in [7, 11) is 0. The molecular formula is C21H21ClN2O4. The van der Waals surface area contributed by atoms with E-state index < -0.39 is 11.9 Å². The molecule has 1 atom stereocenters. The third-order valence-corrected chi connectivity index (χ3v) is 4.99. The van der Waals surface area contributed by atoms with E-state index in [0.29, 0.717) is 34.9 Å². The lowest BCUT2D eigenvalue weighted by molar-refractivity contribution is -0.142. The fourth-order valence-corrected chi connectivity index (χ4v) is 3.35. The Kier molecular flexibility index (Phi) is 6.31. The summed E-state index contributed by atoms with van der Waals surface area (Å²) in [5, 5.41) is 0.567. The molecule has 28 heavy (non-hydrogen) atoms. The minimum absolute atomic E-state index is 0.128. The van der Waals surface area contributed by atoms with Crippen molar-refractivity contribution in [1.82, 2.24) is 4.90 Å². The van der Waals surface area contributed by atoms with Crippen LogP contribution in [0.5, 0.6) is 5.75 Å². The first-order valence-electron chi connectivity index (χ1n) is 9.07. The van der Waals surface area contributed by atoms with Crippen molar-refractivity contribution < 1.29 is 19.1 Å². The monoisotopic (exact) mass is 400 g/mol. The van der Waals surface area contributed by atoms with Crippen molar-refractivity contribution in [2.45, 2.75) is 25.3 Å². The number of likely N-dealkylation sites (tertiary alicyclic amines) is 1. The molecule has 2 N–H and O–H groups in total. The molecule has 0 aliphatic carbocycles. The first-order valence-corrected chi connectivity index (χ1v) is 9.45.